The van der Waals surface area contributed by atoms with E-state index in [-0.39, 0.29) is 71.3 Å². The average molecular weight is 1330 g/mol. The third kappa shape index (κ3) is 18.7. The van der Waals surface area contributed by atoms with E-state index in [1.165, 1.54) is 92.7 Å². The van der Waals surface area contributed by atoms with Gasteiger partial charge in [0.1, 0.15) is 86.9 Å². The van der Waals surface area contributed by atoms with Crippen molar-refractivity contribution in [2.24, 2.45) is 5.92 Å². The fourth-order valence-electron chi connectivity index (χ4n) is 11.4. The van der Waals surface area contributed by atoms with Crippen molar-refractivity contribution in [2.75, 3.05) is 102 Å². The molecule has 89 heavy (non-hydrogen) atoms. The van der Waals surface area contributed by atoms with Crippen LogP contribution in [0.4, 0.5) is 23.4 Å². The lowest BCUT2D eigenvalue weighted by Crippen LogP contribution is -2.45. The summed E-state index contributed by atoms with van der Waals surface area (Å²) in [6.07, 6.45) is 5.45. The Bertz CT molecular complexity index is 3100. The molecule has 4 aliphatic heterocycles. The molecule has 0 aliphatic carbocycles. The molecule has 8 rings (SSSR count). The molecule has 0 spiro atoms. The molecule has 32 heteroatoms. The molecule has 0 amide bonds. The lowest BCUT2D eigenvalue weighted by atomic mass is 9.84. The molecular formula is C57H92N10O18P2S2. The molecule has 500 valence electrons. The zero-order valence-corrected chi connectivity index (χ0v) is 55.4. The minimum Gasteiger partial charge on any atom is -0.491 e. The van der Waals surface area contributed by atoms with Crippen LogP contribution in [0.2, 0.25) is 0 Å². The molecule has 2 saturated heterocycles. The van der Waals surface area contributed by atoms with Gasteiger partial charge in [-0.05, 0) is 76.0 Å². The zero-order valence-electron chi connectivity index (χ0n) is 52.0. The highest BCUT2D eigenvalue weighted by Gasteiger charge is 2.52. The van der Waals surface area contributed by atoms with Crippen molar-refractivity contribution in [2.45, 2.75) is 186 Å². The quantitative estimate of drug-likeness (QED) is 0.0117. The number of rotatable bonds is 38. The number of hydrogen-bond donors (Lipinski definition) is 10. The smallest absolute Gasteiger partial charge is 0.472 e. The van der Waals surface area contributed by atoms with Gasteiger partial charge in [0.15, 0.2) is 23.9 Å². The first-order valence-electron chi connectivity index (χ1n) is 30.7. The second-order valence-corrected chi connectivity index (χ2v) is 27.1. The summed E-state index contributed by atoms with van der Waals surface area (Å²) < 4.78 is 86.0. The average Bonchev–Trinajstić information content (AvgIpc) is 2.02. The number of anilines is 4. The van der Waals surface area contributed by atoms with E-state index in [0.717, 1.165) is 53.4 Å². The molecule has 1 aromatic carbocycles. The fourth-order valence-corrected chi connectivity index (χ4v) is 13.8. The van der Waals surface area contributed by atoms with Crippen LogP contribution in [0.15, 0.2) is 6.33 Å². The van der Waals surface area contributed by atoms with Gasteiger partial charge in [-0.25, -0.2) is 9.55 Å². The highest BCUT2D eigenvalue weighted by Crippen LogP contribution is 2.50. The first-order valence-corrected chi connectivity index (χ1v) is 34.1. The van der Waals surface area contributed by atoms with Crippen LogP contribution >= 0.6 is 40.9 Å². The number of hydrogen-bond acceptors (Lipinski definition) is 26. The summed E-state index contributed by atoms with van der Waals surface area (Å²) >= 11 is 10.7. The van der Waals surface area contributed by atoms with Crippen molar-refractivity contribution in [3.05, 3.63) is 37.9 Å². The number of aromatic amines is 2. The van der Waals surface area contributed by atoms with Gasteiger partial charge in [-0.1, -0.05) is 96.1 Å². The number of nitrogens with zero attached hydrogens (tertiary/aromatic N) is 5. The summed E-state index contributed by atoms with van der Waals surface area (Å²) in [7, 11) is -6.13. The maximum Gasteiger partial charge on any atom is 0.472 e. The Labute approximate surface area is 530 Å². The predicted octanol–water partition coefficient (Wildman–Crippen LogP) is 7.55. The monoisotopic (exact) mass is 1330 g/mol. The molecule has 4 aliphatic rings. The third-order valence-electron chi connectivity index (χ3n) is 16.5. The number of nitrogens with two attached hydrogens (primary N) is 2. The maximum atomic E-state index is 13.4. The second-order valence-electron chi connectivity index (χ2n) is 23.6. The predicted molar refractivity (Wildman–Crippen MR) is 337 cm³/mol. The van der Waals surface area contributed by atoms with Crippen LogP contribution in [0.3, 0.4) is 0 Å². The minimum atomic E-state index is -4.98. The zero-order chi connectivity index (χ0) is 64.0. The fraction of sp³-hybridized carbons (Fsp3) is 0.737. The summed E-state index contributed by atoms with van der Waals surface area (Å²) in [5.41, 5.74) is 17.1. The minimum absolute atomic E-state index is 0.000412. The van der Waals surface area contributed by atoms with Gasteiger partial charge < -0.3 is 104 Å². The van der Waals surface area contributed by atoms with Crippen LogP contribution in [0, 0.1) is 36.0 Å². The Morgan fingerprint density at radius 2 is 1.48 bits per heavy atom. The molecule has 2 fully saturated rings. The highest BCUT2D eigenvalue weighted by molar-refractivity contribution is 7.71. The number of nitrogen functional groups attached to an aromatic ring is 2. The van der Waals surface area contributed by atoms with Crippen LogP contribution in [0.25, 0.3) is 11.2 Å². The van der Waals surface area contributed by atoms with E-state index in [0.29, 0.717) is 31.0 Å². The molecule has 0 bridgehead atoms. The van der Waals surface area contributed by atoms with Crippen LogP contribution in [0.1, 0.15) is 126 Å². The molecule has 12 atom stereocenters. The van der Waals surface area contributed by atoms with E-state index < -0.39 is 91.4 Å². The van der Waals surface area contributed by atoms with Crippen LogP contribution in [-0.4, -0.2) is 189 Å². The van der Waals surface area contributed by atoms with Crippen molar-refractivity contribution in [1.29, 1.82) is 0 Å². The molecular weight excluding hydrogens is 1240 g/mol. The van der Waals surface area contributed by atoms with Gasteiger partial charge in [-0.2, -0.15) is 9.97 Å². The molecule has 3 aromatic heterocycles. The van der Waals surface area contributed by atoms with E-state index >= 15 is 0 Å². The first kappa shape index (κ1) is 71.0. The second kappa shape index (κ2) is 33.3. The summed E-state index contributed by atoms with van der Waals surface area (Å²) in [6.45, 7) is 12.6. The first-order chi connectivity index (χ1) is 42.6. The van der Waals surface area contributed by atoms with E-state index in [4.69, 9.17) is 91.7 Å². The van der Waals surface area contributed by atoms with Crippen LogP contribution in [-0.2, 0) is 57.3 Å². The van der Waals surface area contributed by atoms with E-state index in [1.54, 1.807) is 0 Å². The van der Waals surface area contributed by atoms with Crippen molar-refractivity contribution >= 4 is 75.4 Å². The largest absolute Gasteiger partial charge is 0.491 e. The van der Waals surface area contributed by atoms with Crippen LogP contribution in [0.5, 0.6) is 11.5 Å². The van der Waals surface area contributed by atoms with E-state index in [2.05, 4.69) is 71.8 Å². The topological polar surface area (TPSA) is 371 Å². The Hall–Kier alpha value is -3.85. The molecule has 0 radical (unpaired) electrons. The number of nitrogens with one attached hydrogen (secondary N) is 3. The number of aliphatic hydroxyl groups is 4. The normalized spacial score (nSPS) is 24.7. The van der Waals surface area contributed by atoms with Crippen molar-refractivity contribution in [3.8, 4) is 11.5 Å². The van der Waals surface area contributed by atoms with Gasteiger partial charge in [0.2, 0.25) is 11.9 Å². The van der Waals surface area contributed by atoms with Gasteiger partial charge in [0.05, 0.1) is 72.5 Å². The molecule has 4 aromatic rings. The van der Waals surface area contributed by atoms with E-state index in [1.807, 2.05) is 0 Å². The standard InChI is InChI=1S/C57H92N10O18P2S2/c1-33(2)17-15-13-11-9-8-10-12-14-16-19-57(6)20-18-38-36(5)46(34(3)35(4)47(38)83-57)78-26-25-76-22-21-75-23-24-77-28-37(27-68)85-87(72,73)80-30-40-48(45(71)54(82-40)67-32-61-42-50(67)63-56(59)65-52(42)89)84-86(74-7)79-29-39-43(69)44(70)53(81-39)66-31-60-41-49(66)62-55(58)64-51(41)88/h31,33,37,39-40,43-45,48,53-54,61,68-71H,8-30,32H2,1-7H3,(H,72,73)(H3,58,62,64,88)(H3,59,63,65,89)/t37-,39?,40?,43?,44?,45?,48?,53?,54?,57-,86?/m1/s1. The van der Waals surface area contributed by atoms with Gasteiger partial charge in [-0.3, -0.25) is 13.6 Å². The number of imidazole rings is 1. The van der Waals surface area contributed by atoms with Crippen molar-refractivity contribution < 1.29 is 85.7 Å². The highest BCUT2D eigenvalue weighted by atomic mass is 32.1. The number of fused-ring (bicyclic) bond motifs is 3. The Morgan fingerprint density at radius 1 is 0.831 bits per heavy atom. The number of aliphatic hydroxyl groups excluding tert-OH is 4. The lowest BCUT2D eigenvalue weighted by molar-refractivity contribution is -0.0544. The molecule has 0 saturated carbocycles. The number of ether oxygens (including phenoxy) is 7. The number of phosphoric acid groups is 1. The lowest BCUT2D eigenvalue weighted by Gasteiger charge is -2.38. The summed E-state index contributed by atoms with van der Waals surface area (Å²) in [6, 6.07) is 0. The number of aromatic nitrogens is 6. The SMILES string of the molecule is COP(OCC1OC(n2cnc3c(=S)[nH]c(N)nc32)C(O)C1O)OC1C(COP(=O)(O)O[C@H](CO)COCCOCCOCCOc2c(C)c(C)c3c(c2C)CC[C@@](C)(CCCCCCCCCCCC(C)C)O3)OC(N2CNc3c2nc(N)[nH]c3=S)C1O. The van der Waals surface area contributed by atoms with Crippen molar-refractivity contribution in [1.82, 2.24) is 29.5 Å². The molecule has 7 heterocycles. The number of unbranched alkanes of at least 4 members (excludes halogenated alkanes) is 8. The molecule has 10 unspecified atom stereocenters. The van der Waals surface area contributed by atoms with Gasteiger partial charge in [-0.15, -0.1) is 0 Å². The number of benzene rings is 1. The van der Waals surface area contributed by atoms with E-state index in [9.17, 15) is 29.9 Å². The van der Waals surface area contributed by atoms with Crippen LogP contribution < -0.4 is 31.2 Å². The third-order valence-corrected chi connectivity index (χ3v) is 19.2. The number of H-pyrrole nitrogens is 2. The maximum absolute atomic E-state index is 13.4. The van der Waals surface area contributed by atoms with Gasteiger partial charge >= 0.3 is 16.4 Å². The summed E-state index contributed by atoms with van der Waals surface area (Å²) in [4.78, 5) is 30.7. The Balaban J connectivity index is 0.741. The molecule has 28 nitrogen and oxygen atoms in total. The molecule has 12 N–H and O–H groups in total. The Morgan fingerprint density at radius 3 is 2.18 bits per heavy atom. The summed E-state index contributed by atoms with van der Waals surface area (Å²) in [5, 5.41) is 47.1. The summed E-state index contributed by atoms with van der Waals surface area (Å²) in [5.74, 6) is 2.94. The van der Waals surface area contributed by atoms with Gasteiger partial charge in [0.25, 0.3) is 0 Å². The van der Waals surface area contributed by atoms with Crippen molar-refractivity contribution in [3.63, 3.8) is 0 Å². The van der Waals surface area contributed by atoms with Gasteiger partial charge in [0, 0.05) is 12.7 Å². The Kier molecular flexibility index (Phi) is 26.6. The number of phosphoric ester groups is 1.